The normalized spacial score (nSPS) is 16.1. The van der Waals surface area contributed by atoms with E-state index in [1.165, 1.54) is 16.8 Å². The summed E-state index contributed by atoms with van der Waals surface area (Å²) in [5.74, 6) is 0. The molecule has 1 heterocycles. The molecule has 0 saturated carbocycles. The van der Waals surface area contributed by atoms with Crippen LogP contribution >= 0.6 is 0 Å². The molecule has 1 aliphatic rings. The Labute approximate surface area is 73.3 Å². The van der Waals surface area contributed by atoms with Gasteiger partial charge in [-0.25, -0.2) is 0 Å². The van der Waals surface area contributed by atoms with Gasteiger partial charge in [-0.1, -0.05) is 24.8 Å². The van der Waals surface area contributed by atoms with Crippen molar-refractivity contribution in [3.8, 4) is 0 Å². The fourth-order valence-electron chi connectivity index (χ4n) is 1.66. The van der Waals surface area contributed by atoms with E-state index in [0.29, 0.717) is 0 Å². The molecule has 1 nitrogen and oxygen atoms in total. The highest BCUT2D eigenvalue weighted by atomic mass is 15.1. The van der Waals surface area contributed by atoms with Gasteiger partial charge in [0.2, 0.25) is 0 Å². The lowest BCUT2D eigenvalue weighted by atomic mass is 9.98. The van der Waals surface area contributed by atoms with Gasteiger partial charge in [0.15, 0.2) is 0 Å². The van der Waals surface area contributed by atoms with Crippen LogP contribution in [0.2, 0.25) is 0 Å². The lowest BCUT2D eigenvalue weighted by molar-refractivity contribution is 0.883. The first-order chi connectivity index (χ1) is 5.79. The molecule has 1 aliphatic heterocycles. The molecule has 0 radical (unpaired) electrons. The van der Waals surface area contributed by atoms with Gasteiger partial charge in [-0.15, -0.1) is 0 Å². The third kappa shape index (κ3) is 1.02. The van der Waals surface area contributed by atoms with Gasteiger partial charge in [0.05, 0.1) is 0 Å². The van der Waals surface area contributed by atoms with Crippen molar-refractivity contribution in [2.45, 2.75) is 6.42 Å². The third-order valence-corrected chi connectivity index (χ3v) is 2.45. The predicted molar refractivity (Wildman–Crippen MR) is 53.4 cm³/mol. The molecule has 0 aromatic heterocycles. The van der Waals surface area contributed by atoms with E-state index >= 15 is 0 Å². The SMILES string of the molecule is C=C1CCN(C)c2ccccc21. The van der Waals surface area contributed by atoms with Crippen molar-refractivity contribution < 1.29 is 0 Å². The molecule has 12 heavy (non-hydrogen) atoms. The molecule has 0 aliphatic carbocycles. The maximum absolute atomic E-state index is 4.06. The standard InChI is InChI=1S/C11H13N/c1-9-7-8-12(2)11-6-4-3-5-10(9)11/h3-6H,1,7-8H2,2H3. The van der Waals surface area contributed by atoms with Crippen LogP contribution in [0.4, 0.5) is 5.69 Å². The maximum atomic E-state index is 4.06. The highest BCUT2D eigenvalue weighted by Gasteiger charge is 2.14. The summed E-state index contributed by atoms with van der Waals surface area (Å²) in [6.45, 7) is 5.16. The van der Waals surface area contributed by atoms with Crippen molar-refractivity contribution in [1.82, 2.24) is 0 Å². The Bertz CT molecular complexity index is 315. The van der Waals surface area contributed by atoms with Gasteiger partial charge >= 0.3 is 0 Å². The molecular formula is C11H13N. The number of hydrogen-bond acceptors (Lipinski definition) is 1. The van der Waals surface area contributed by atoms with Crippen molar-refractivity contribution >= 4 is 11.3 Å². The van der Waals surface area contributed by atoms with Crippen molar-refractivity contribution in [2.75, 3.05) is 18.5 Å². The highest BCUT2D eigenvalue weighted by molar-refractivity contribution is 5.78. The van der Waals surface area contributed by atoms with Crippen LogP contribution < -0.4 is 4.90 Å². The van der Waals surface area contributed by atoms with Gasteiger partial charge in [0, 0.05) is 24.8 Å². The first-order valence-corrected chi connectivity index (χ1v) is 4.27. The number of anilines is 1. The second-order valence-electron chi connectivity index (χ2n) is 3.29. The summed E-state index contributed by atoms with van der Waals surface area (Å²) in [6.07, 6.45) is 1.09. The molecular weight excluding hydrogens is 146 g/mol. The molecule has 62 valence electrons. The summed E-state index contributed by atoms with van der Waals surface area (Å²) in [5.41, 5.74) is 3.89. The van der Waals surface area contributed by atoms with E-state index in [1.807, 2.05) is 0 Å². The van der Waals surface area contributed by atoms with Gasteiger partial charge in [-0.05, 0) is 18.1 Å². The number of benzene rings is 1. The minimum absolute atomic E-state index is 1.09. The zero-order valence-electron chi connectivity index (χ0n) is 7.38. The van der Waals surface area contributed by atoms with Crippen molar-refractivity contribution in [3.05, 3.63) is 36.4 Å². The smallest absolute Gasteiger partial charge is 0.0439 e. The van der Waals surface area contributed by atoms with E-state index in [9.17, 15) is 0 Å². The average Bonchev–Trinajstić information content (AvgIpc) is 2.12. The Kier molecular flexibility index (Phi) is 1.65. The molecule has 0 unspecified atom stereocenters. The van der Waals surface area contributed by atoms with Crippen LogP contribution in [0.3, 0.4) is 0 Å². The molecule has 0 N–H and O–H groups in total. The first kappa shape index (κ1) is 7.41. The lowest BCUT2D eigenvalue weighted by Gasteiger charge is -2.28. The number of fused-ring (bicyclic) bond motifs is 1. The zero-order valence-corrected chi connectivity index (χ0v) is 7.38. The van der Waals surface area contributed by atoms with E-state index < -0.39 is 0 Å². The topological polar surface area (TPSA) is 3.24 Å². The monoisotopic (exact) mass is 159 g/mol. The van der Waals surface area contributed by atoms with Crippen LogP contribution in [0.5, 0.6) is 0 Å². The molecule has 0 saturated heterocycles. The van der Waals surface area contributed by atoms with E-state index in [0.717, 1.165) is 13.0 Å². The van der Waals surface area contributed by atoms with E-state index in [2.05, 4.69) is 42.8 Å². The molecule has 0 spiro atoms. The Morgan fingerprint density at radius 3 is 2.83 bits per heavy atom. The summed E-state index contributed by atoms with van der Waals surface area (Å²) in [5, 5.41) is 0. The van der Waals surface area contributed by atoms with E-state index in [-0.39, 0.29) is 0 Å². The van der Waals surface area contributed by atoms with Crippen molar-refractivity contribution in [1.29, 1.82) is 0 Å². The number of para-hydroxylation sites is 1. The van der Waals surface area contributed by atoms with Crippen molar-refractivity contribution in [3.63, 3.8) is 0 Å². The number of rotatable bonds is 0. The molecule has 0 fully saturated rings. The summed E-state index contributed by atoms with van der Waals surface area (Å²) in [6, 6.07) is 8.45. The van der Waals surface area contributed by atoms with E-state index in [1.54, 1.807) is 0 Å². The maximum Gasteiger partial charge on any atom is 0.0439 e. The van der Waals surface area contributed by atoms with Crippen LogP contribution in [0.1, 0.15) is 12.0 Å². The van der Waals surface area contributed by atoms with Crippen LogP contribution in [-0.4, -0.2) is 13.6 Å². The number of nitrogens with zero attached hydrogens (tertiary/aromatic N) is 1. The Morgan fingerprint density at radius 1 is 1.33 bits per heavy atom. The lowest BCUT2D eigenvalue weighted by Crippen LogP contribution is -2.23. The van der Waals surface area contributed by atoms with Crippen molar-refractivity contribution in [2.24, 2.45) is 0 Å². The van der Waals surface area contributed by atoms with Gasteiger partial charge in [-0.3, -0.25) is 0 Å². The second-order valence-corrected chi connectivity index (χ2v) is 3.29. The van der Waals surface area contributed by atoms with Crippen LogP contribution in [0.15, 0.2) is 30.8 Å². The molecule has 0 bridgehead atoms. The minimum atomic E-state index is 1.09. The fraction of sp³-hybridized carbons (Fsp3) is 0.273. The minimum Gasteiger partial charge on any atom is -0.374 e. The predicted octanol–water partition coefficient (Wildman–Crippen LogP) is 2.54. The van der Waals surface area contributed by atoms with Gasteiger partial charge in [0.1, 0.15) is 0 Å². The average molecular weight is 159 g/mol. The largest absolute Gasteiger partial charge is 0.374 e. The molecule has 0 atom stereocenters. The van der Waals surface area contributed by atoms with E-state index in [4.69, 9.17) is 0 Å². The third-order valence-electron chi connectivity index (χ3n) is 2.45. The Hall–Kier alpha value is -1.24. The summed E-state index contributed by atoms with van der Waals surface area (Å²) < 4.78 is 0. The second kappa shape index (κ2) is 2.67. The highest BCUT2D eigenvalue weighted by Crippen LogP contribution is 2.31. The Morgan fingerprint density at radius 2 is 2.08 bits per heavy atom. The van der Waals surface area contributed by atoms with Gasteiger partial charge in [-0.2, -0.15) is 0 Å². The summed E-state index contributed by atoms with van der Waals surface area (Å²) in [4.78, 5) is 2.28. The quantitative estimate of drug-likeness (QED) is 0.562. The summed E-state index contributed by atoms with van der Waals surface area (Å²) in [7, 11) is 2.13. The molecule has 1 heteroatoms. The molecule has 0 amide bonds. The van der Waals surface area contributed by atoms with Gasteiger partial charge < -0.3 is 4.90 Å². The zero-order chi connectivity index (χ0) is 8.55. The molecule has 1 aromatic carbocycles. The van der Waals surface area contributed by atoms with Crippen LogP contribution in [0.25, 0.3) is 5.57 Å². The van der Waals surface area contributed by atoms with Gasteiger partial charge in [0.25, 0.3) is 0 Å². The number of hydrogen-bond donors (Lipinski definition) is 0. The molecule has 2 rings (SSSR count). The Balaban J connectivity index is 2.55. The van der Waals surface area contributed by atoms with Crippen LogP contribution in [-0.2, 0) is 0 Å². The summed E-state index contributed by atoms with van der Waals surface area (Å²) >= 11 is 0. The first-order valence-electron chi connectivity index (χ1n) is 4.27. The fourth-order valence-corrected chi connectivity index (χ4v) is 1.66. The molecule has 1 aromatic rings. The van der Waals surface area contributed by atoms with Crippen LogP contribution in [0, 0.1) is 0 Å².